The van der Waals surface area contributed by atoms with Crippen LogP contribution in [0, 0.1) is 5.92 Å². The highest BCUT2D eigenvalue weighted by molar-refractivity contribution is 7.92. The molecule has 16 heavy (non-hydrogen) atoms. The third-order valence-electron chi connectivity index (χ3n) is 2.62. The predicted octanol–water partition coefficient (Wildman–Crippen LogP) is 2.22. The summed E-state index contributed by atoms with van der Waals surface area (Å²) < 4.78 is 23.0. The molecule has 0 aliphatic heterocycles. The van der Waals surface area contributed by atoms with Gasteiger partial charge in [0.2, 0.25) is 0 Å². The minimum Gasteiger partial charge on any atom is -0.313 e. The summed E-state index contributed by atoms with van der Waals surface area (Å²) in [4.78, 5) is 0. The fourth-order valence-corrected chi connectivity index (χ4v) is 2.54. The highest BCUT2D eigenvalue weighted by atomic mass is 32.2. The van der Waals surface area contributed by atoms with Crippen molar-refractivity contribution in [3.63, 3.8) is 0 Å². The van der Waals surface area contributed by atoms with Crippen LogP contribution in [0.3, 0.4) is 0 Å². The molecule has 0 bridgehead atoms. The smallest absolute Gasteiger partial charge is 0.156 e. The Morgan fingerprint density at radius 1 is 1.12 bits per heavy atom. The van der Waals surface area contributed by atoms with E-state index < -0.39 is 14.6 Å². The summed E-state index contributed by atoms with van der Waals surface area (Å²) in [5.74, 6) is 0.862. The lowest BCUT2D eigenvalue weighted by Gasteiger charge is -2.21. The van der Waals surface area contributed by atoms with Crippen molar-refractivity contribution >= 4 is 9.84 Å². The Morgan fingerprint density at radius 2 is 1.62 bits per heavy atom. The second kappa shape index (κ2) is 6.01. The second-order valence-corrected chi connectivity index (χ2v) is 8.78. The average Bonchev–Trinajstić information content (AvgIpc) is 1.99. The van der Waals surface area contributed by atoms with Crippen LogP contribution in [0.15, 0.2) is 0 Å². The quantitative estimate of drug-likeness (QED) is 0.785. The molecule has 0 aromatic carbocycles. The fourth-order valence-electron chi connectivity index (χ4n) is 1.54. The van der Waals surface area contributed by atoms with Crippen LogP contribution >= 0.6 is 0 Å². The molecule has 1 atom stereocenters. The van der Waals surface area contributed by atoms with Crippen LogP contribution in [0.25, 0.3) is 0 Å². The van der Waals surface area contributed by atoms with Crippen LogP contribution in [0.4, 0.5) is 0 Å². The average molecular weight is 249 g/mol. The first kappa shape index (κ1) is 15.9. The van der Waals surface area contributed by atoms with E-state index in [1.807, 2.05) is 0 Å². The van der Waals surface area contributed by atoms with E-state index in [-0.39, 0.29) is 5.75 Å². The van der Waals surface area contributed by atoms with Crippen LogP contribution in [0.1, 0.15) is 48.0 Å². The van der Waals surface area contributed by atoms with E-state index in [2.05, 4.69) is 26.1 Å². The van der Waals surface area contributed by atoms with Crippen molar-refractivity contribution in [2.45, 2.75) is 58.8 Å². The van der Waals surface area contributed by atoms with Gasteiger partial charge in [-0.05, 0) is 40.0 Å². The van der Waals surface area contributed by atoms with Gasteiger partial charge in [-0.1, -0.05) is 13.8 Å². The number of nitrogens with one attached hydrogen (secondary N) is 1. The van der Waals surface area contributed by atoms with Gasteiger partial charge < -0.3 is 5.32 Å². The van der Waals surface area contributed by atoms with E-state index in [0.29, 0.717) is 18.5 Å². The van der Waals surface area contributed by atoms with Gasteiger partial charge in [-0.25, -0.2) is 8.42 Å². The molecule has 0 saturated heterocycles. The first-order valence-corrected chi connectivity index (χ1v) is 7.67. The molecule has 1 unspecified atom stereocenters. The molecule has 0 heterocycles. The number of rotatable bonds is 6. The van der Waals surface area contributed by atoms with E-state index in [1.165, 1.54) is 0 Å². The summed E-state index contributed by atoms with van der Waals surface area (Å²) in [5, 5.41) is 3.26. The van der Waals surface area contributed by atoms with E-state index >= 15 is 0 Å². The maximum absolute atomic E-state index is 11.8. The predicted molar refractivity (Wildman–Crippen MR) is 70.5 cm³/mol. The normalized spacial score (nSPS) is 15.4. The zero-order valence-electron chi connectivity index (χ0n) is 11.5. The molecule has 0 spiro atoms. The number of hydrogen-bond acceptors (Lipinski definition) is 3. The van der Waals surface area contributed by atoms with E-state index in [9.17, 15) is 8.42 Å². The first-order chi connectivity index (χ1) is 7.06. The zero-order valence-corrected chi connectivity index (χ0v) is 12.3. The van der Waals surface area contributed by atoms with Gasteiger partial charge in [-0.3, -0.25) is 0 Å². The van der Waals surface area contributed by atoms with Crippen LogP contribution in [0.5, 0.6) is 0 Å². The molecular weight excluding hydrogens is 222 g/mol. The topological polar surface area (TPSA) is 46.2 Å². The van der Waals surface area contributed by atoms with Gasteiger partial charge in [0, 0.05) is 12.6 Å². The van der Waals surface area contributed by atoms with Gasteiger partial charge in [0.15, 0.2) is 9.84 Å². The third-order valence-corrected chi connectivity index (χ3v) is 5.23. The maximum atomic E-state index is 11.8. The summed E-state index contributed by atoms with van der Waals surface area (Å²) in [7, 11) is -2.98. The molecule has 0 aliphatic carbocycles. The lowest BCUT2D eigenvalue weighted by atomic mass is 10.1. The van der Waals surface area contributed by atoms with Crippen molar-refractivity contribution in [1.82, 2.24) is 5.32 Å². The van der Waals surface area contributed by atoms with Crippen molar-refractivity contribution in [3.8, 4) is 0 Å². The molecule has 3 nitrogen and oxygen atoms in total. The highest BCUT2D eigenvalue weighted by Gasteiger charge is 2.28. The van der Waals surface area contributed by atoms with E-state index in [0.717, 1.165) is 6.42 Å². The van der Waals surface area contributed by atoms with Crippen molar-refractivity contribution < 1.29 is 8.42 Å². The van der Waals surface area contributed by atoms with Gasteiger partial charge in [-0.2, -0.15) is 0 Å². The summed E-state index contributed by atoms with van der Waals surface area (Å²) in [6.45, 7) is 12.2. The summed E-state index contributed by atoms with van der Waals surface area (Å²) in [5.41, 5.74) is 0. The van der Waals surface area contributed by atoms with Crippen LogP contribution in [-0.4, -0.2) is 31.5 Å². The molecule has 0 aliphatic rings. The van der Waals surface area contributed by atoms with Gasteiger partial charge in [-0.15, -0.1) is 0 Å². The third kappa shape index (κ3) is 5.85. The summed E-state index contributed by atoms with van der Waals surface area (Å²) in [6, 6.07) is 0.384. The van der Waals surface area contributed by atoms with Crippen molar-refractivity contribution in [2.24, 2.45) is 5.92 Å². The number of hydrogen-bond donors (Lipinski definition) is 1. The standard InChI is InChI=1S/C12H27NO2S/c1-10(2)9-11(3)13-7-8-16(14,15)12(4,5)6/h10-11,13H,7-9H2,1-6H3. The van der Waals surface area contributed by atoms with Gasteiger partial charge >= 0.3 is 0 Å². The summed E-state index contributed by atoms with van der Waals surface area (Å²) >= 11 is 0. The zero-order chi connectivity index (χ0) is 13.0. The van der Waals surface area contributed by atoms with Crippen LogP contribution < -0.4 is 5.32 Å². The Bertz CT molecular complexity index is 289. The monoisotopic (exact) mass is 249 g/mol. The summed E-state index contributed by atoms with van der Waals surface area (Å²) in [6.07, 6.45) is 1.08. The molecule has 0 aromatic rings. The Labute approximate surface area is 101 Å². The Kier molecular flexibility index (Phi) is 5.98. The molecule has 0 saturated carbocycles. The SMILES string of the molecule is CC(C)CC(C)NCCS(=O)(=O)C(C)(C)C. The first-order valence-electron chi connectivity index (χ1n) is 6.02. The van der Waals surface area contributed by atoms with Crippen molar-refractivity contribution in [2.75, 3.05) is 12.3 Å². The molecule has 98 valence electrons. The van der Waals surface area contributed by atoms with Crippen molar-refractivity contribution in [1.29, 1.82) is 0 Å². The Hall–Kier alpha value is -0.0900. The second-order valence-electron chi connectivity index (χ2n) is 5.92. The lowest BCUT2D eigenvalue weighted by molar-refractivity contribution is 0.450. The Morgan fingerprint density at radius 3 is 2.00 bits per heavy atom. The van der Waals surface area contributed by atoms with Gasteiger partial charge in [0.05, 0.1) is 10.5 Å². The van der Waals surface area contributed by atoms with E-state index in [4.69, 9.17) is 0 Å². The maximum Gasteiger partial charge on any atom is 0.156 e. The van der Waals surface area contributed by atoms with Crippen molar-refractivity contribution in [3.05, 3.63) is 0 Å². The molecule has 0 amide bonds. The minimum atomic E-state index is -2.98. The molecule has 0 aromatic heterocycles. The van der Waals surface area contributed by atoms with Gasteiger partial charge in [0.1, 0.15) is 0 Å². The molecule has 0 fully saturated rings. The largest absolute Gasteiger partial charge is 0.313 e. The Balaban J connectivity index is 4.00. The molecule has 0 rings (SSSR count). The molecule has 4 heteroatoms. The number of sulfone groups is 1. The lowest BCUT2D eigenvalue weighted by Crippen LogP contribution is -2.37. The van der Waals surface area contributed by atoms with Crippen LogP contribution in [-0.2, 0) is 9.84 Å². The highest BCUT2D eigenvalue weighted by Crippen LogP contribution is 2.15. The molecular formula is C12H27NO2S. The van der Waals surface area contributed by atoms with E-state index in [1.54, 1.807) is 20.8 Å². The molecule has 0 radical (unpaired) electrons. The van der Waals surface area contributed by atoms with Crippen LogP contribution in [0.2, 0.25) is 0 Å². The fraction of sp³-hybridized carbons (Fsp3) is 1.00. The minimum absolute atomic E-state index is 0.221. The molecule has 1 N–H and O–H groups in total. The van der Waals surface area contributed by atoms with Gasteiger partial charge in [0.25, 0.3) is 0 Å².